The van der Waals surface area contributed by atoms with Crippen LogP contribution in [0.2, 0.25) is 0 Å². The Kier molecular flexibility index (Phi) is 3.24. The molecule has 2 nitrogen and oxygen atoms in total. The lowest BCUT2D eigenvalue weighted by atomic mass is 9.96. The highest BCUT2D eigenvalue weighted by Crippen LogP contribution is 2.21. The Morgan fingerprint density at radius 2 is 1.79 bits per heavy atom. The highest BCUT2D eigenvalue weighted by atomic mass is 79.9. The minimum atomic E-state index is -0.449. The third kappa shape index (κ3) is 1.79. The van der Waals surface area contributed by atoms with Crippen LogP contribution in [0.5, 0.6) is 0 Å². The van der Waals surface area contributed by atoms with Crippen molar-refractivity contribution < 1.29 is 9.59 Å². The predicted octanol–water partition coefficient (Wildman–Crippen LogP) is 2.65. The molecule has 0 heterocycles. The molecule has 1 aliphatic carbocycles. The first-order valence-electron chi connectivity index (χ1n) is 3.75. The van der Waals surface area contributed by atoms with Gasteiger partial charge >= 0.3 is 0 Å². The van der Waals surface area contributed by atoms with Crippen molar-refractivity contribution in [3.63, 3.8) is 0 Å². The molecular formula is C10H6BrClO2. The van der Waals surface area contributed by atoms with Gasteiger partial charge < -0.3 is 0 Å². The first kappa shape index (κ1) is 11.1. The summed E-state index contributed by atoms with van der Waals surface area (Å²) >= 11 is 3.30. The Labute approximate surface area is 95.5 Å². The summed E-state index contributed by atoms with van der Waals surface area (Å²) in [4.78, 5) is 22.3. The largest absolute Gasteiger partial charge is 0.286 e. The van der Waals surface area contributed by atoms with Crippen molar-refractivity contribution in [1.82, 2.24) is 0 Å². The normalized spacial score (nSPS) is 13.5. The Morgan fingerprint density at radius 1 is 1.07 bits per heavy atom. The van der Waals surface area contributed by atoms with E-state index in [2.05, 4.69) is 15.9 Å². The fraction of sp³-hybridized carbons (Fsp3) is 0. The molecular weight excluding hydrogens is 267 g/mol. The quantitative estimate of drug-likeness (QED) is 0.681. The Morgan fingerprint density at radius 3 is 2.50 bits per heavy atom. The summed E-state index contributed by atoms with van der Waals surface area (Å²) in [5, 5.41) is 0. The monoisotopic (exact) mass is 272 g/mol. The van der Waals surface area contributed by atoms with E-state index in [4.69, 9.17) is 0 Å². The van der Waals surface area contributed by atoms with Crippen molar-refractivity contribution in [2.45, 2.75) is 0 Å². The van der Waals surface area contributed by atoms with Crippen LogP contribution in [0.25, 0.3) is 6.08 Å². The summed E-state index contributed by atoms with van der Waals surface area (Å²) in [6.45, 7) is 0. The molecule has 4 heteroatoms. The highest BCUT2D eigenvalue weighted by molar-refractivity contribution is 9.10. The van der Waals surface area contributed by atoms with Crippen molar-refractivity contribution in [3.05, 3.63) is 39.9 Å². The van der Waals surface area contributed by atoms with Gasteiger partial charge in [-0.1, -0.05) is 22.0 Å². The molecule has 0 N–H and O–H groups in total. The molecule has 0 aromatic heterocycles. The Bertz CT molecular complexity index is 438. The van der Waals surface area contributed by atoms with Gasteiger partial charge in [-0.2, -0.15) is 0 Å². The summed E-state index contributed by atoms with van der Waals surface area (Å²) in [5.41, 5.74) is 1.27. The van der Waals surface area contributed by atoms with Crippen molar-refractivity contribution in [3.8, 4) is 0 Å². The van der Waals surface area contributed by atoms with Crippen molar-refractivity contribution in [1.29, 1.82) is 0 Å². The number of Topliss-reactive ketones (excluding diaryl/α,β-unsaturated/α-hetero) is 1. The van der Waals surface area contributed by atoms with Crippen LogP contribution in [0.15, 0.2) is 28.7 Å². The number of fused-ring (bicyclic) bond motifs is 1. The number of hydrogen-bond acceptors (Lipinski definition) is 2. The zero-order valence-electron chi connectivity index (χ0n) is 6.99. The maximum Gasteiger partial charge on any atom is 0.233 e. The molecule has 0 bridgehead atoms. The maximum absolute atomic E-state index is 11.3. The molecule has 0 unspecified atom stereocenters. The van der Waals surface area contributed by atoms with Gasteiger partial charge in [0.2, 0.25) is 11.6 Å². The average molecular weight is 274 g/mol. The van der Waals surface area contributed by atoms with E-state index in [1.54, 1.807) is 18.2 Å². The van der Waals surface area contributed by atoms with E-state index in [1.807, 2.05) is 6.07 Å². The summed E-state index contributed by atoms with van der Waals surface area (Å²) in [6.07, 6.45) is 2.96. The third-order valence-electron chi connectivity index (χ3n) is 1.90. The van der Waals surface area contributed by atoms with Crippen LogP contribution in [0.4, 0.5) is 0 Å². The second-order valence-electron chi connectivity index (χ2n) is 2.76. The van der Waals surface area contributed by atoms with E-state index in [1.165, 1.54) is 6.08 Å². The van der Waals surface area contributed by atoms with Crippen molar-refractivity contribution >= 4 is 46.0 Å². The van der Waals surface area contributed by atoms with Gasteiger partial charge in [-0.05, 0) is 29.8 Å². The average Bonchev–Trinajstić information content (AvgIpc) is 2.12. The molecule has 72 valence electrons. The van der Waals surface area contributed by atoms with Gasteiger partial charge in [0.05, 0.1) is 0 Å². The lowest BCUT2D eigenvalue weighted by molar-refractivity contribution is -0.110. The standard InChI is InChI=1S/C10H5BrO2.ClH/c11-7-2-3-8-6(5-7)1-4-9(12)10(8)13;/h1-5H;1H. The lowest BCUT2D eigenvalue weighted by Gasteiger charge is -2.07. The summed E-state index contributed by atoms with van der Waals surface area (Å²) in [7, 11) is 0. The molecule has 14 heavy (non-hydrogen) atoms. The lowest BCUT2D eigenvalue weighted by Crippen LogP contribution is -2.15. The van der Waals surface area contributed by atoms with Crippen LogP contribution in [-0.2, 0) is 4.79 Å². The number of halogens is 2. The molecule has 0 aliphatic heterocycles. The minimum Gasteiger partial charge on any atom is -0.286 e. The molecule has 1 aliphatic rings. The van der Waals surface area contributed by atoms with Gasteiger partial charge in [0.1, 0.15) is 0 Å². The minimum absolute atomic E-state index is 0. The van der Waals surface area contributed by atoms with E-state index >= 15 is 0 Å². The van der Waals surface area contributed by atoms with Gasteiger partial charge in [-0.3, -0.25) is 9.59 Å². The van der Waals surface area contributed by atoms with Crippen LogP contribution < -0.4 is 0 Å². The SMILES string of the molecule is Cl.O=C1C=Cc2cc(Br)ccc2C1=O. The van der Waals surface area contributed by atoms with Gasteiger partial charge in [0, 0.05) is 10.0 Å². The van der Waals surface area contributed by atoms with E-state index in [0.717, 1.165) is 10.0 Å². The van der Waals surface area contributed by atoms with Crippen LogP contribution in [0, 0.1) is 0 Å². The number of benzene rings is 1. The third-order valence-corrected chi connectivity index (χ3v) is 2.39. The number of ketones is 2. The highest BCUT2D eigenvalue weighted by Gasteiger charge is 2.20. The summed E-state index contributed by atoms with van der Waals surface area (Å²) in [5.74, 6) is -0.875. The first-order chi connectivity index (χ1) is 6.18. The van der Waals surface area contributed by atoms with Crippen molar-refractivity contribution in [2.75, 3.05) is 0 Å². The van der Waals surface area contributed by atoms with E-state index < -0.39 is 11.6 Å². The van der Waals surface area contributed by atoms with E-state index in [9.17, 15) is 9.59 Å². The number of carbonyl (C=O) groups excluding carboxylic acids is 2. The predicted molar refractivity (Wildman–Crippen MR) is 59.8 cm³/mol. The van der Waals surface area contributed by atoms with Gasteiger partial charge in [0.25, 0.3) is 0 Å². The van der Waals surface area contributed by atoms with E-state index in [-0.39, 0.29) is 12.4 Å². The second-order valence-corrected chi connectivity index (χ2v) is 3.67. The molecule has 0 atom stereocenters. The molecule has 1 aromatic rings. The molecule has 0 spiro atoms. The van der Waals surface area contributed by atoms with Crippen LogP contribution in [-0.4, -0.2) is 11.6 Å². The topological polar surface area (TPSA) is 34.1 Å². The molecule has 2 rings (SSSR count). The fourth-order valence-electron chi connectivity index (χ4n) is 1.25. The molecule has 0 radical (unpaired) electrons. The van der Waals surface area contributed by atoms with Crippen LogP contribution in [0.1, 0.15) is 15.9 Å². The van der Waals surface area contributed by atoms with Crippen molar-refractivity contribution in [2.24, 2.45) is 0 Å². The number of allylic oxidation sites excluding steroid dienone is 1. The first-order valence-corrected chi connectivity index (χ1v) is 4.54. The molecule has 1 aromatic carbocycles. The van der Waals surface area contributed by atoms with Gasteiger partial charge in [-0.25, -0.2) is 0 Å². The number of carbonyl (C=O) groups is 2. The number of rotatable bonds is 0. The smallest absolute Gasteiger partial charge is 0.233 e. The molecule has 0 saturated heterocycles. The fourth-order valence-corrected chi connectivity index (χ4v) is 1.63. The zero-order valence-corrected chi connectivity index (χ0v) is 9.39. The summed E-state index contributed by atoms with van der Waals surface area (Å²) in [6, 6.07) is 5.22. The van der Waals surface area contributed by atoms with Crippen LogP contribution >= 0.6 is 28.3 Å². The Hall–Kier alpha value is -0.930. The number of hydrogen-bond donors (Lipinski definition) is 0. The Balaban J connectivity index is 0.000000980. The summed E-state index contributed by atoms with van der Waals surface area (Å²) < 4.78 is 0.901. The maximum atomic E-state index is 11.3. The molecule has 0 saturated carbocycles. The molecule has 0 fully saturated rings. The van der Waals surface area contributed by atoms with Gasteiger partial charge in [-0.15, -0.1) is 12.4 Å². The second kappa shape index (κ2) is 4.07. The van der Waals surface area contributed by atoms with Gasteiger partial charge in [0.15, 0.2) is 0 Å². The van der Waals surface area contributed by atoms with E-state index in [0.29, 0.717) is 5.56 Å². The van der Waals surface area contributed by atoms with Crippen LogP contribution in [0.3, 0.4) is 0 Å². The zero-order chi connectivity index (χ0) is 9.42. The molecule has 0 amide bonds.